The van der Waals surface area contributed by atoms with Crippen LogP contribution >= 0.6 is 0 Å². The molecule has 0 spiro atoms. The van der Waals surface area contributed by atoms with E-state index in [1.165, 1.54) is 25.3 Å². The number of nitrogens with one attached hydrogen (secondary N) is 1. The maximum atomic E-state index is 13.5. The second-order valence-electron chi connectivity index (χ2n) is 8.03. The Morgan fingerprint density at radius 3 is 2.45 bits per heavy atom. The van der Waals surface area contributed by atoms with Crippen LogP contribution in [0.2, 0.25) is 0 Å². The first-order chi connectivity index (χ1) is 15.5. The van der Waals surface area contributed by atoms with E-state index in [1.807, 2.05) is 0 Å². The summed E-state index contributed by atoms with van der Waals surface area (Å²) in [5.41, 5.74) is 1.09. The number of methoxy groups -OCH3 is 1. The molecule has 0 saturated heterocycles. The lowest BCUT2D eigenvalue weighted by molar-refractivity contribution is -0.384. The predicted octanol–water partition coefficient (Wildman–Crippen LogP) is 2.92. The smallest absolute Gasteiger partial charge is 0.328 e. The number of nitrogens with zero attached hydrogens (tertiary/aromatic N) is 2. The Hall–Kier alpha value is -3.56. The number of carbonyl (C=O) groups is 3. The fourth-order valence-electron chi connectivity index (χ4n) is 3.91. The number of esters is 2. The SMILES string of the molecule is CCOC(=O)[C@@H](NC(=O)C1=C(C)N=C(C)C(C(=O)OC)[C@@H]1c1cccc([N+](=O)[O-])c1)C(C)C. The number of nitro benzene ring substituents is 1. The highest BCUT2D eigenvalue weighted by Crippen LogP contribution is 2.40. The maximum Gasteiger partial charge on any atom is 0.328 e. The van der Waals surface area contributed by atoms with E-state index >= 15 is 0 Å². The molecule has 1 aromatic carbocycles. The van der Waals surface area contributed by atoms with Gasteiger partial charge >= 0.3 is 11.9 Å². The van der Waals surface area contributed by atoms with Crippen molar-refractivity contribution >= 4 is 29.2 Å². The molecule has 1 heterocycles. The number of allylic oxidation sites excluding steroid dienone is 1. The van der Waals surface area contributed by atoms with Crippen molar-refractivity contribution in [2.45, 2.75) is 46.6 Å². The van der Waals surface area contributed by atoms with Gasteiger partial charge in [0.15, 0.2) is 0 Å². The first-order valence-corrected chi connectivity index (χ1v) is 10.6. The van der Waals surface area contributed by atoms with Gasteiger partial charge in [0.05, 0.1) is 18.6 Å². The van der Waals surface area contributed by atoms with E-state index in [-0.39, 0.29) is 23.8 Å². The zero-order valence-electron chi connectivity index (χ0n) is 19.6. The predicted molar refractivity (Wildman–Crippen MR) is 121 cm³/mol. The van der Waals surface area contributed by atoms with E-state index in [0.717, 1.165) is 0 Å². The van der Waals surface area contributed by atoms with Crippen LogP contribution in [0.4, 0.5) is 5.69 Å². The molecule has 3 atom stereocenters. The van der Waals surface area contributed by atoms with Gasteiger partial charge in [-0.25, -0.2) is 4.79 Å². The van der Waals surface area contributed by atoms with Crippen LogP contribution in [0.1, 0.15) is 46.1 Å². The van der Waals surface area contributed by atoms with Crippen molar-refractivity contribution in [1.29, 1.82) is 0 Å². The summed E-state index contributed by atoms with van der Waals surface area (Å²) in [6.45, 7) is 8.61. The number of aliphatic imine (C=N–C) groups is 1. The van der Waals surface area contributed by atoms with Crippen LogP contribution in [0, 0.1) is 22.0 Å². The molecule has 10 nitrogen and oxygen atoms in total. The van der Waals surface area contributed by atoms with Crippen LogP contribution < -0.4 is 5.32 Å². The molecule has 0 fully saturated rings. The number of rotatable bonds is 8. The zero-order valence-corrected chi connectivity index (χ0v) is 19.6. The second kappa shape index (κ2) is 10.8. The number of nitro groups is 1. The van der Waals surface area contributed by atoms with Crippen LogP contribution in [0.5, 0.6) is 0 Å². The van der Waals surface area contributed by atoms with E-state index in [0.29, 0.717) is 17.0 Å². The van der Waals surface area contributed by atoms with Gasteiger partial charge in [0, 0.05) is 35.0 Å². The third-order valence-corrected chi connectivity index (χ3v) is 5.46. The Kier molecular flexibility index (Phi) is 8.44. The topological polar surface area (TPSA) is 137 Å². The van der Waals surface area contributed by atoms with Gasteiger partial charge in [-0.15, -0.1) is 0 Å². The third kappa shape index (κ3) is 5.63. The second-order valence-corrected chi connectivity index (χ2v) is 8.03. The molecule has 0 aliphatic carbocycles. The van der Waals surface area contributed by atoms with Gasteiger partial charge in [0.2, 0.25) is 5.91 Å². The molecule has 1 aromatic rings. The number of benzene rings is 1. The van der Waals surface area contributed by atoms with Crippen LogP contribution in [-0.4, -0.2) is 48.2 Å². The molecule has 1 amide bonds. The minimum Gasteiger partial charge on any atom is -0.468 e. The summed E-state index contributed by atoms with van der Waals surface area (Å²) in [6.07, 6.45) is 0. The minimum absolute atomic E-state index is 0.131. The number of hydrogen-bond donors (Lipinski definition) is 1. The maximum absolute atomic E-state index is 13.5. The van der Waals surface area contributed by atoms with Crippen molar-refractivity contribution in [3.05, 3.63) is 51.2 Å². The first-order valence-electron chi connectivity index (χ1n) is 10.6. The molecule has 0 aromatic heterocycles. The molecule has 1 N–H and O–H groups in total. The summed E-state index contributed by atoms with van der Waals surface area (Å²) in [6, 6.07) is 4.82. The van der Waals surface area contributed by atoms with E-state index in [1.54, 1.807) is 40.7 Å². The molecule has 33 heavy (non-hydrogen) atoms. The van der Waals surface area contributed by atoms with E-state index < -0.39 is 40.6 Å². The molecular weight excluding hydrogens is 430 g/mol. The minimum atomic E-state index is -0.971. The Bertz CT molecular complexity index is 1010. The van der Waals surface area contributed by atoms with Gasteiger partial charge in [-0.2, -0.15) is 0 Å². The van der Waals surface area contributed by atoms with Gasteiger partial charge in [-0.1, -0.05) is 26.0 Å². The Morgan fingerprint density at radius 2 is 1.91 bits per heavy atom. The van der Waals surface area contributed by atoms with Crippen LogP contribution in [0.25, 0.3) is 0 Å². The summed E-state index contributed by atoms with van der Waals surface area (Å²) in [5, 5.41) is 14.1. The molecule has 0 bridgehead atoms. The highest BCUT2D eigenvalue weighted by molar-refractivity contribution is 6.08. The summed E-state index contributed by atoms with van der Waals surface area (Å²) in [5.74, 6) is -3.95. The molecule has 1 aliphatic heterocycles. The molecule has 178 valence electrons. The Balaban J connectivity index is 2.62. The highest BCUT2D eigenvalue weighted by Gasteiger charge is 2.42. The zero-order chi connectivity index (χ0) is 24.9. The van der Waals surface area contributed by atoms with Crippen molar-refractivity contribution in [2.24, 2.45) is 16.8 Å². The normalized spacial score (nSPS) is 18.9. The van der Waals surface area contributed by atoms with Gasteiger partial charge in [0.25, 0.3) is 5.69 Å². The van der Waals surface area contributed by atoms with Crippen molar-refractivity contribution < 1.29 is 28.8 Å². The molecule has 2 rings (SSSR count). The average molecular weight is 459 g/mol. The summed E-state index contributed by atoms with van der Waals surface area (Å²) in [4.78, 5) is 53.8. The molecule has 0 saturated carbocycles. The standard InChI is InChI=1S/C23H29N3O7/c1-7-33-23(29)20(12(2)3)25-21(27)17-13(4)24-14(5)18(22(28)32-6)19(17)15-9-8-10-16(11-15)26(30)31/h8-12,18-20H,7H2,1-6H3,(H,25,27)/t18?,19-,20+/m1/s1. The van der Waals surface area contributed by atoms with Gasteiger partial charge in [0.1, 0.15) is 12.0 Å². The van der Waals surface area contributed by atoms with Crippen LogP contribution in [0.15, 0.2) is 40.5 Å². The van der Waals surface area contributed by atoms with Crippen molar-refractivity contribution in [1.82, 2.24) is 5.32 Å². The van der Waals surface area contributed by atoms with Gasteiger partial charge in [-0.05, 0) is 32.3 Å². The fraction of sp³-hybridized carbons (Fsp3) is 0.478. The van der Waals surface area contributed by atoms with Crippen molar-refractivity contribution in [3.63, 3.8) is 0 Å². The fourth-order valence-corrected chi connectivity index (χ4v) is 3.91. The monoisotopic (exact) mass is 459 g/mol. The van der Waals surface area contributed by atoms with Crippen molar-refractivity contribution in [3.8, 4) is 0 Å². The highest BCUT2D eigenvalue weighted by atomic mass is 16.6. The lowest BCUT2D eigenvalue weighted by Crippen LogP contribution is -2.48. The first kappa shape index (κ1) is 25.7. The van der Waals surface area contributed by atoms with E-state index in [9.17, 15) is 24.5 Å². The summed E-state index contributed by atoms with van der Waals surface area (Å²) in [7, 11) is 1.22. The lowest BCUT2D eigenvalue weighted by Gasteiger charge is -2.32. The Morgan fingerprint density at radius 1 is 1.24 bits per heavy atom. The molecule has 1 unspecified atom stereocenters. The van der Waals surface area contributed by atoms with Crippen LogP contribution in [0.3, 0.4) is 0 Å². The number of carbonyl (C=O) groups excluding carboxylic acids is 3. The molecular formula is C23H29N3O7. The molecule has 0 radical (unpaired) electrons. The number of amides is 1. The summed E-state index contributed by atoms with van der Waals surface area (Å²) >= 11 is 0. The largest absolute Gasteiger partial charge is 0.468 e. The number of non-ortho nitro benzene ring substituents is 1. The molecule has 10 heteroatoms. The quantitative estimate of drug-likeness (QED) is 0.358. The van der Waals surface area contributed by atoms with E-state index in [2.05, 4.69) is 10.3 Å². The van der Waals surface area contributed by atoms with Crippen molar-refractivity contribution in [2.75, 3.05) is 13.7 Å². The van der Waals surface area contributed by atoms with Gasteiger partial charge in [-0.3, -0.25) is 24.7 Å². The number of ether oxygens (including phenoxy) is 2. The average Bonchev–Trinajstić information content (AvgIpc) is 2.76. The third-order valence-electron chi connectivity index (χ3n) is 5.46. The lowest BCUT2D eigenvalue weighted by atomic mass is 9.75. The Labute approximate surface area is 192 Å². The summed E-state index contributed by atoms with van der Waals surface area (Å²) < 4.78 is 10.0. The number of hydrogen-bond acceptors (Lipinski definition) is 8. The van der Waals surface area contributed by atoms with Gasteiger partial charge < -0.3 is 14.8 Å². The molecule has 1 aliphatic rings. The van der Waals surface area contributed by atoms with E-state index in [4.69, 9.17) is 9.47 Å². The van der Waals surface area contributed by atoms with Crippen LogP contribution in [-0.2, 0) is 23.9 Å².